The van der Waals surface area contributed by atoms with Gasteiger partial charge in [0.25, 0.3) is 0 Å². The SMILES string of the molecule is CCC[CH2][Sn+]([CH2]CCC)[CH2]CC(C)=O. The third kappa shape index (κ3) is 9.04. The second-order valence-corrected chi connectivity index (χ2v) is 12.7. The second-order valence-electron chi connectivity index (χ2n) is 4.16. The van der Waals surface area contributed by atoms with Gasteiger partial charge in [0.05, 0.1) is 0 Å². The van der Waals surface area contributed by atoms with Crippen molar-refractivity contribution >= 4 is 25.5 Å². The third-order valence-corrected chi connectivity index (χ3v) is 11.4. The maximum absolute atomic E-state index is 10.9. The quantitative estimate of drug-likeness (QED) is 0.587. The van der Waals surface area contributed by atoms with Crippen LogP contribution in [-0.4, -0.2) is 25.5 Å². The first kappa shape index (κ1) is 14.5. The number of carbonyl (C=O) groups is 1. The molecule has 0 aromatic rings. The van der Waals surface area contributed by atoms with E-state index in [-0.39, 0.29) is 0 Å². The van der Waals surface area contributed by atoms with E-state index in [0.717, 1.165) is 6.42 Å². The van der Waals surface area contributed by atoms with Crippen LogP contribution in [0.25, 0.3) is 0 Å². The van der Waals surface area contributed by atoms with Crippen LogP contribution in [0.5, 0.6) is 0 Å². The molecular weight excluding hydrogens is 279 g/mol. The van der Waals surface area contributed by atoms with Gasteiger partial charge in [-0.05, 0) is 0 Å². The number of hydrogen-bond acceptors (Lipinski definition) is 1. The Kier molecular flexibility index (Phi) is 10.3. The van der Waals surface area contributed by atoms with Gasteiger partial charge in [0.15, 0.2) is 0 Å². The molecule has 0 saturated heterocycles. The van der Waals surface area contributed by atoms with Crippen LogP contribution in [0.3, 0.4) is 0 Å². The van der Waals surface area contributed by atoms with Gasteiger partial charge in [0.1, 0.15) is 0 Å². The van der Waals surface area contributed by atoms with E-state index >= 15 is 0 Å². The fraction of sp³-hybridized carbons (Fsp3) is 0.917. The summed E-state index contributed by atoms with van der Waals surface area (Å²) in [6.07, 6.45) is 6.36. The Morgan fingerprint density at radius 3 is 1.86 bits per heavy atom. The van der Waals surface area contributed by atoms with E-state index in [4.69, 9.17) is 0 Å². The zero-order chi connectivity index (χ0) is 10.8. The summed E-state index contributed by atoms with van der Waals surface area (Å²) in [6.45, 7) is 6.28. The topological polar surface area (TPSA) is 17.1 Å². The molecule has 1 nitrogen and oxygen atoms in total. The van der Waals surface area contributed by atoms with Gasteiger partial charge < -0.3 is 0 Å². The summed E-state index contributed by atoms with van der Waals surface area (Å²) in [5, 5.41) is 0. The molecule has 2 heteroatoms. The zero-order valence-corrected chi connectivity index (χ0v) is 12.9. The van der Waals surface area contributed by atoms with Crippen LogP contribution < -0.4 is 0 Å². The fourth-order valence-electron chi connectivity index (χ4n) is 1.58. The number of unbranched alkanes of at least 4 members (excludes halogenated alkanes) is 2. The number of Topliss-reactive ketones (excluding diaryl/α,β-unsaturated/α-hetero) is 1. The molecule has 0 bridgehead atoms. The van der Waals surface area contributed by atoms with E-state index in [0.29, 0.717) is 5.78 Å². The van der Waals surface area contributed by atoms with E-state index < -0.39 is 19.8 Å². The van der Waals surface area contributed by atoms with Crippen LogP contribution in [-0.2, 0) is 4.79 Å². The van der Waals surface area contributed by atoms with Crippen molar-refractivity contribution in [2.24, 2.45) is 0 Å². The number of carbonyl (C=O) groups excluding carboxylic acids is 1. The van der Waals surface area contributed by atoms with E-state index in [1.807, 2.05) is 0 Å². The molecule has 0 N–H and O–H groups in total. The van der Waals surface area contributed by atoms with E-state index in [1.54, 1.807) is 6.92 Å². The Balaban J connectivity index is 3.65. The summed E-state index contributed by atoms with van der Waals surface area (Å²) in [7, 11) is 0. The van der Waals surface area contributed by atoms with Gasteiger partial charge >= 0.3 is 96.5 Å². The normalized spacial score (nSPS) is 10.2. The van der Waals surface area contributed by atoms with E-state index in [2.05, 4.69) is 13.8 Å². The Bertz CT molecular complexity index is 137. The summed E-state index contributed by atoms with van der Waals surface area (Å²) in [6, 6.07) is 0. The molecule has 0 aromatic carbocycles. The van der Waals surface area contributed by atoms with E-state index in [9.17, 15) is 4.79 Å². The van der Waals surface area contributed by atoms with Crippen LogP contribution in [0.2, 0.25) is 13.3 Å². The first-order valence-electron chi connectivity index (χ1n) is 6.03. The van der Waals surface area contributed by atoms with Crippen molar-refractivity contribution in [3.63, 3.8) is 0 Å². The molecule has 0 spiro atoms. The Morgan fingerprint density at radius 2 is 1.50 bits per heavy atom. The predicted molar refractivity (Wildman–Crippen MR) is 65.3 cm³/mol. The summed E-state index contributed by atoms with van der Waals surface area (Å²) in [4.78, 5) is 10.9. The van der Waals surface area contributed by atoms with Gasteiger partial charge in [-0.1, -0.05) is 0 Å². The fourth-order valence-corrected chi connectivity index (χ4v) is 10.6. The minimum atomic E-state index is -1.11. The number of rotatable bonds is 9. The second kappa shape index (κ2) is 10.0. The van der Waals surface area contributed by atoms with Crippen molar-refractivity contribution < 1.29 is 4.79 Å². The Hall–Kier alpha value is 0.469. The van der Waals surface area contributed by atoms with Crippen LogP contribution in [0.4, 0.5) is 0 Å². The van der Waals surface area contributed by atoms with Gasteiger partial charge in [0.2, 0.25) is 0 Å². The number of hydrogen-bond donors (Lipinski definition) is 0. The first-order valence-corrected chi connectivity index (χ1v) is 12.1. The van der Waals surface area contributed by atoms with Gasteiger partial charge in [-0.15, -0.1) is 0 Å². The summed E-state index contributed by atoms with van der Waals surface area (Å²) in [5.41, 5.74) is 0. The Morgan fingerprint density at radius 1 is 1.00 bits per heavy atom. The Labute approximate surface area is 96.4 Å². The molecular formula is C12H25OSn+. The molecule has 82 valence electrons. The zero-order valence-electron chi connectivity index (χ0n) is 10.1. The molecule has 0 saturated carbocycles. The molecule has 0 radical (unpaired) electrons. The molecule has 0 heterocycles. The van der Waals surface area contributed by atoms with Gasteiger partial charge in [-0.25, -0.2) is 0 Å². The summed E-state index contributed by atoms with van der Waals surface area (Å²) in [5.74, 6) is 0.399. The average Bonchev–Trinajstić information content (AvgIpc) is 2.16. The van der Waals surface area contributed by atoms with Crippen molar-refractivity contribution in [2.75, 3.05) is 0 Å². The first-order chi connectivity index (χ1) is 6.70. The molecule has 0 aromatic heterocycles. The molecule has 0 amide bonds. The van der Waals surface area contributed by atoms with Crippen LogP contribution >= 0.6 is 0 Å². The molecule has 0 fully saturated rings. The number of ketones is 1. The van der Waals surface area contributed by atoms with Crippen molar-refractivity contribution in [3.05, 3.63) is 0 Å². The molecule has 0 aliphatic rings. The molecule has 14 heavy (non-hydrogen) atoms. The van der Waals surface area contributed by atoms with Crippen molar-refractivity contribution in [1.29, 1.82) is 0 Å². The predicted octanol–water partition coefficient (Wildman–Crippen LogP) is 4.06. The maximum atomic E-state index is 10.9. The standard InChI is InChI=1S/C4H7O.2C4H9.Sn/c1-3-4(2)5;2*1-3-4-2;/h1,3H2,2H3;2*1,3-4H2,2H3;/q;;;+1. The molecule has 0 unspecified atom stereocenters. The van der Waals surface area contributed by atoms with Gasteiger partial charge in [-0.3, -0.25) is 0 Å². The van der Waals surface area contributed by atoms with Gasteiger partial charge in [-0.2, -0.15) is 0 Å². The monoisotopic (exact) mass is 305 g/mol. The van der Waals surface area contributed by atoms with Crippen LogP contribution in [0.15, 0.2) is 0 Å². The van der Waals surface area contributed by atoms with Crippen LogP contribution in [0, 0.1) is 0 Å². The summed E-state index contributed by atoms with van der Waals surface area (Å²) < 4.78 is 4.36. The van der Waals surface area contributed by atoms with E-state index in [1.165, 1.54) is 39.0 Å². The third-order valence-electron chi connectivity index (χ3n) is 2.60. The van der Waals surface area contributed by atoms with Crippen molar-refractivity contribution in [2.45, 2.75) is 66.2 Å². The average molecular weight is 304 g/mol. The molecule has 0 rings (SSSR count). The van der Waals surface area contributed by atoms with Crippen molar-refractivity contribution in [3.8, 4) is 0 Å². The summed E-state index contributed by atoms with van der Waals surface area (Å²) >= 11 is -1.11. The minimum absolute atomic E-state index is 0.399. The molecule has 0 atom stereocenters. The van der Waals surface area contributed by atoms with Crippen LogP contribution in [0.1, 0.15) is 52.9 Å². The van der Waals surface area contributed by atoms with Crippen molar-refractivity contribution in [1.82, 2.24) is 0 Å². The van der Waals surface area contributed by atoms with Gasteiger partial charge in [0, 0.05) is 0 Å². The molecule has 0 aliphatic heterocycles. The molecule has 0 aliphatic carbocycles.